The third-order valence-corrected chi connectivity index (χ3v) is 5.66. The van der Waals surface area contributed by atoms with Crippen molar-refractivity contribution < 1.29 is 18.3 Å². The number of methoxy groups -OCH3 is 1. The van der Waals surface area contributed by atoms with E-state index in [2.05, 4.69) is 10.2 Å². The van der Waals surface area contributed by atoms with Gasteiger partial charge in [-0.2, -0.15) is 0 Å². The number of rotatable bonds is 5. The van der Waals surface area contributed by atoms with Gasteiger partial charge in [-0.25, -0.2) is 8.78 Å². The third kappa shape index (κ3) is 4.93. The predicted octanol–water partition coefficient (Wildman–Crippen LogP) is 3.71. The highest BCUT2D eigenvalue weighted by Gasteiger charge is 2.36. The molecule has 1 saturated carbocycles. The molecule has 1 aliphatic carbocycles. The molecule has 2 atom stereocenters. The maximum Gasteiger partial charge on any atom is 0.251 e. The number of halogens is 2. The molecule has 2 fully saturated rings. The summed E-state index contributed by atoms with van der Waals surface area (Å²) in [5, 5.41) is 3.17. The van der Waals surface area contributed by atoms with Gasteiger partial charge in [-0.1, -0.05) is 12.8 Å². The minimum Gasteiger partial charge on any atom is -0.497 e. The zero-order chi connectivity index (χ0) is 18.6. The highest BCUT2D eigenvalue weighted by Crippen LogP contribution is 2.31. The van der Waals surface area contributed by atoms with Crippen LogP contribution in [0.4, 0.5) is 8.78 Å². The van der Waals surface area contributed by atoms with Crippen LogP contribution in [0.5, 0.6) is 5.75 Å². The number of nitrogens with one attached hydrogen (secondary N) is 1. The molecule has 1 amide bonds. The third-order valence-electron chi connectivity index (χ3n) is 5.66. The van der Waals surface area contributed by atoms with E-state index in [0.717, 1.165) is 38.0 Å². The lowest BCUT2D eigenvalue weighted by Crippen LogP contribution is -2.48. The highest BCUT2D eigenvalue weighted by molar-refractivity contribution is 5.94. The molecule has 26 heavy (non-hydrogen) atoms. The van der Waals surface area contributed by atoms with Crippen molar-refractivity contribution in [2.45, 2.75) is 50.5 Å². The average Bonchev–Trinajstić information content (AvgIpc) is 2.65. The fraction of sp³-hybridized carbons (Fsp3) is 0.650. The molecule has 0 spiro atoms. The van der Waals surface area contributed by atoms with E-state index in [0.29, 0.717) is 24.6 Å². The maximum absolute atomic E-state index is 13.4. The lowest BCUT2D eigenvalue weighted by Gasteiger charge is -2.38. The Morgan fingerprint density at radius 3 is 2.50 bits per heavy atom. The van der Waals surface area contributed by atoms with Crippen LogP contribution in [0.3, 0.4) is 0 Å². The van der Waals surface area contributed by atoms with E-state index >= 15 is 0 Å². The molecule has 1 aliphatic heterocycles. The van der Waals surface area contributed by atoms with E-state index in [9.17, 15) is 13.6 Å². The van der Waals surface area contributed by atoms with Crippen LogP contribution in [0.2, 0.25) is 0 Å². The zero-order valence-corrected chi connectivity index (χ0v) is 15.3. The van der Waals surface area contributed by atoms with Gasteiger partial charge in [0.2, 0.25) is 0 Å². The van der Waals surface area contributed by atoms with E-state index in [1.165, 1.54) is 0 Å². The molecule has 0 aromatic heterocycles. The molecule has 1 aromatic rings. The summed E-state index contributed by atoms with van der Waals surface area (Å²) in [6.07, 6.45) is 4.13. The van der Waals surface area contributed by atoms with Gasteiger partial charge in [0.15, 0.2) is 0 Å². The van der Waals surface area contributed by atoms with E-state index in [1.54, 1.807) is 31.4 Å². The number of amides is 1. The van der Waals surface area contributed by atoms with Crippen LogP contribution in [0.15, 0.2) is 24.3 Å². The van der Waals surface area contributed by atoms with Crippen molar-refractivity contribution in [1.29, 1.82) is 0 Å². The first-order chi connectivity index (χ1) is 12.5. The number of carbonyl (C=O) groups is 1. The minimum absolute atomic E-state index is 0.0530. The van der Waals surface area contributed by atoms with E-state index in [4.69, 9.17) is 4.74 Å². The molecule has 1 N–H and O–H groups in total. The number of carbonyl (C=O) groups excluding carboxylic acids is 1. The maximum atomic E-state index is 13.4. The molecule has 2 unspecified atom stereocenters. The van der Waals surface area contributed by atoms with E-state index < -0.39 is 5.92 Å². The van der Waals surface area contributed by atoms with E-state index in [-0.39, 0.29) is 24.8 Å². The SMILES string of the molecule is COc1ccc(C(=O)NC2CCCCC2CN2CCC(F)(F)CC2)cc1. The normalized spacial score (nSPS) is 26.3. The van der Waals surface area contributed by atoms with E-state index in [1.807, 2.05) is 0 Å². The number of hydrogen-bond donors (Lipinski definition) is 1. The summed E-state index contributed by atoms with van der Waals surface area (Å²) in [4.78, 5) is 14.7. The summed E-state index contributed by atoms with van der Waals surface area (Å²) in [6.45, 7) is 1.69. The van der Waals surface area contributed by atoms with Crippen LogP contribution < -0.4 is 10.1 Å². The lowest BCUT2D eigenvalue weighted by molar-refractivity contribution is -0.0586. The number of benzene rings is 1. The van der Waals surface area contributed by atoms with Crippen molar-refractivity contribution in [3.05, 3.63) is 29.8 Å². The number of ether oxygens (including phenoxy) is 1. The number of piperidine rings is 1. The first-order valence-corrected chi connectivity index (χ1v) is 9.52. The second-order valence-electron chi connectivity index (χ2n) is 7.51. The summed E-state index contributed by atoms with van der Waals surface area (Å²) in [5.41, 5.74) is 0.618. The Hall–Kier alpha value is -1.69. The van der Waals surface area contributed by atoms with Gasteiger partial charge < -0.3 is 15.0 Å². The minimum atomic E-state index is -2.51. The molecule has 0 radical (unpaired) electrons. The van der Waals surface area contributed by atoms with Gasteiger partial charge >= 0.3 is 0 Å². The zero-order valence-electron chi connectivity index (χ0n) is 15.3. The Balaban J connectivity index is 1.57. The molecule has 1 heterocycles. The highest BCUT2D eigenvalue weighted by atomic mass is 19.3. The van der Waals surface area contributed by atoms with Gasteiger partial charge in [-0.15, -0.1) is 0 Å². The largest absolute Gasteiger partial charge is 0.497 e. The summed E-state index contributed by atoms with van der Waals surface area (Å²) in [5.74, 6) is -1.53. The molecule has 2 aliphatic rings. The Kier molecular flexibility index (Phi) is 6.12. The lowest BCUT2D eigenvalue weighted by atomic mass is 9.83. The van der Waals surface area contributed by atoms with Crippen molar-refractivity contribution in [1.82, 2.24) is 10.2 Å². The van der Waals surface area contributed by atoms with Crippen LogP contribution in [-0.2, 0) is 0 Å². The molecule has 144 valence electrons. The Bertz CT molecular complexity index is 596. The fourth-order valence-corrected chi connectivity index (χ4v) is 4.00. The fourth-order valence-electron chi connectivity index (χ4n) is 4.00. The molecular weight excluding hydrogens is 338 g/mol. The van der Waals surface area contributed by atoms with Gasteiger partial charge in [0.1, 0.15) is 5.75 Å². The summed E-state index contributed by atoms with van der Waals surface area (Å²) < 4.78 is 31.8. The van der Waals surface area contributed by atoms with Crippen LogP contribution in [0.1, 0.15) is 48.9 Å². The molecule has 3 rings (SSSR count). The molecule has 1 aromatic carbocycles. The Morgan fingerprint density at radius 2 is 1.85 bits per heavy atom. The average molecular weight is 366 g/mol. The monoisotopic (exact) mass is 366 g/mol. The number of alkyl halides is 2. The van der Waals surface area contributed by atoms with Gasteiger partial charge in [-0.3, -0.25) is 4.79 Å². The van der Waals surface area contributed by atoms with Gasteiger partial charge in [0.25, 0.3) is 11.8 Å². The molecule has 1 saturated heterocycles. The summed E-state index contributed by atoms with van der Waals surface area (Å²) >= 11 is 0. The second-order valence-corrected chi connectivity index (χ2v) is 7.51. The van der Waals surface area contributed by atoms with Crippen molar-refractivity contribution in [2.75, 3.05) is 26.7 Å². The van der Waals surface area contributed by atoms with Crippen molar-refractivity contribution in [3.8, 4) is 5.75 Å². The second kappa shape index (κ2) is 8.33. The van der Waals surface area contributed by atoms with Crippen LogP contribution in [-0.4, -0.2) is 49.5 Å². The van der Waals surface area contributed by atoms with Crippen molar-refractivity contribution in [2.24, 2.45) is 5.92 Å². The van der Waals surface area contributed by atoms with Crippen LogP contribution in [0, 0.1) is 5.92 Å². The quantitative estimate of drug-likeness (QED) is 0.864. The molecule has 6 heteroatoms. The topological polar surface area (TPSA) is 41.6 Å². The first kappa shape index (κ1) is 19.1. The van der Waals surface area contributed by atoms with Crippen LogP contribution >= 0.6 is 0 Å². The van der Waals surface area contributed by atoms with Gasteiger partial charge in [0.05, 0.1) is 7.11 Å². The number of nitrogens with zero attached hydrogens (tertiary/aromatic N) is 1. The number of likely N-dealkylation sites (tertiary alicyclic amines) is 1. The smallest absolute Gasteiger partial charge is 0.251 e. The standard InChI is InChI=1S/C20H28F2N2O2/c1-26-17-8-6-15(7-9-17)19(25)23-18-5-3-2-4-16(18)14-24-12-10-20(21,22)11-13-24/h6-9,16,18H,2-5,10-14H2,1H3,(H,23,25). The van der Waals surface area contributed by atoms with Crippen molar-refractivity contribution >= 4 is 5.91 Å². The van der Waals surface area contributed by atoms with Crippen molar-refractivity contribution in [3.63, 3.8) is 0 Å². The van der Waals surface area contributed by atoms with Crippen LogP contribution in [0.25, 0.3) is 0 Å². The predicted molar refractivity (Wildman–Crippen MR) is 96.8 cm³/mol. The molecular formula is C20H28F2N2O2. The van der Waals surface area contributed by atoms with Gasteiger partial charge in [0, 0.05) is 44.1 Å². The summed E-state index contributed by atoms with van der Waals surface area (Å²) in [6, 6.07) is 7.19. The Labute approximate surface area is 153 Å². The first-order valence-electron chi connectivity index (χ1n) is 9.52. The molecule has 0 bridgehead atoms. The molecule has 4 nitrogen and oxygen atoms in total. The van der Waals surface area contributed by atoms with Gasteiger partial charge in [-0.05, 0) is 43.0 Å². The Morgan fingerprint density at radius 1 is 1.19 bits per heavy atom. The summed E-state index contributed by atoms with van der Waals surface area (Å²) in [7, 11) is 1.60. The number of hydrogen-bond acceptors (Lipinski definition) is 3.